The average Bonchev–Trinajstić information content (AvgIpc) is 3.11. The Kier molecular flexibility index (Phi) is 5.78. The van der Waals surface area contributed by atoms with Gasteiger partial charge in [-0.05, 0) is 42.0 Å². The molecule has 0 aromatic heterocycles. The smallest absolute Gasteiger partial charge is 0.321 e. The molecule has 1 heterocycles. The number of ether oxygens (including phenoxy) is 2. The first-order valence-corrected chi connectivity index (χ1v) is 8.88. The van der Waals surface area contributed by atoms with Crippen LogP contribution in [0.3, 0.4) is 0 Å². The van der Waals surface area contributed by atoms with E-state index < -0.39 is 12.0 Å². The van der Waals surface area contributed by atoms with Crippen molar-refractivity contribution in [3.8, 4) is 11.5 Å². The van der Waals surface area contributed by atoms with Gasteiger partial charge in [-0.25, -0.2) is 4.39 Å². The first-order chi connectivity index (χ1) is 12.1. The van der Waals surface area contributed by atoms with Crippen molar-refractivity contribution in [2.24, 2.45) is 0 Å². The van der Waals surface area contributed by atoms with Gasteiger partial charge in [0.15, 0.2) is 0 Å². The molecule has 7 heteroatoms. The lowest BCUT2D eigenvalue weighted by atomic mass is 10.2. The van der Waals surface area contributed by atoms with E-state index in [0.29, 0.717) is 30.5 Å². The summed E-state index contributed by atoms with van der Waals surface area (Å²) in [5.74, 6) is 0.687. The van der Waals surface area contributed by atoms with Gasteiger partial charge in [0.25, 0.3) is 0 Å². The Balaban J connectivity index is 1.48. The van der Waals surface area contributed by atoms with Crippen molar-refractivity contribution in [3.63, 3.8) is 0 Å². The number of carboxylic acid groups (broad SMARTS) is 1. The van der Waals surface area contributed by atoms with Crippen LogP contribution < -0.4 is 14.8 Å². The van der Waals surface area contributed by atoms with Crippen LogP contribution >= 0.6 is 11.8 Å². The second-order valence-electron chi connectivity index (χ2n) is 5.49. The number of thioether (sulfide) groups is 1. The van der Waals surface area contributed by atoms with E-state index in [9.17, 15) is 9.18 Å². The maximum atomic E-state index is 12.8. The summed E-state index contributed by atoms with van der Waals surface area (Å²) in [4.78, 5) is 11.0. The van der Waals surface area contributed by atoms with Crippen LogP contribution in [0.5, 0.6) is 11.5 Å². The zero-order valence-corrected chi connectivity index (χ0v) is 14.2. The molecule has 2 unspecified atom stereocenters. The topological polar surface area (TPSA) is 67.8 Å². The summed E-state index contributed by atoms with van der Waals surface area (Å²) in [6.45, 7) is 0.692. The van der Waals surface area contributed by atoms with Crippen LogP contribution in [0.25, 0.3) is 0 Å². The lowest BCUT2D eigenvalue weighted by Gasteiger charge is -2.13. The van der Waals surface area contributed by atoms with Gasteiger partial charge in [-0.15, -0.1) is 11.8 Å². The molecule has 132 valence electrons. The minimum Gasteiger partial charge on any atom is -0.490 e. The van der Waals surface area contributed by atoms with Crippen molar-refractivity contribution in [3.05, 3.63) is 59.9 Å². The van der Waals surface area contributed by atoms with E-state index in [-0.39, 0.29) is 11.2 Å². The van der Waals surface area contributed by atoms with Crippen LogP contribution in [0.15, 0.2) is 48.5 Å². The van der Waals surface area contributed by atoms with Gasteiger partial charge in [0, 0.05) is 5.75 Å². The Morgan fingerprint density at radius 2 is 1.88 bits per heavy atom. The van der Waals surface area contributed by atoms with E-state index >= 15 is 0 Å². The van der Waals surface area contributed by atoms with E-state index in [1.165, 1.54) is 12.1 Å². The Morgan fingerprint density at radius 3 is 2.56 bits per heavy atom. The zero-order chi connectivity index (χ0) is 17.6. The summed E-state index contributed by atoms with van der Waals surface area (Å²) in [5, 5.41) is 12.1. The third-order valence-corrected chi connectivity index (χ3v) is 4.94. The molecule has 1 aliphatic rings. The molecular formula is C18H18FNO4S. The third-order valence-electron chi connectivity index (χ3n) is 3.68. The molecule has 0 saturated carbocycles. The summed E-state index contributed by atoms with van der Waals surface area (Å²) in [5.41, 5.74) is 0.978. The number of rotatable bonds is 7. The van der Waals surface area contributed by atoms with Crippen molar-refractivity contribution in [2.45, 2.75) is 11.4 Å². The number of benzene rings is 2. The lowest BCUT2D eigenvalue weighted by Crippen LogP contribution is -2.33. The number of carboxylic acids is 1. The molecule has 2 N–H and O–H groups in total. The van der Waals surface area contributed by atoms with E-state index in [1.54, 1.807) is 23.9 Å². The molecule has 3 rings (SSSR count). The molecule has 2 aromatic carbocycles. The van der Waals surface area contributed by atoms with Crippen LogP contribution in [0, 0.1) is 5.82 Å². The molecule has 1 fully saturated rings. The van der Waals surface area contributed by atoms with Gasteiger partial charge in [0.05, 0.1) is 5.37 Å². The lowest BCUT2D eigenvalue weighted by molar-refractivity contribution is -0.138. The second-order valence-corrected chi connectivity index (χ2v) is 6.63. The van der Waals surface area contributed by atoms with Crippen molar-refractivity contribution in [1.82, 2.24) is 5.32 Å². The fraction of sp³-hybridized carbons (Fsp3) is 0.278. The molecule has 0 radical (unpaired) electrons. The fourth-order valence-corrected chi connectivity index (χ4v) is 3.65. The van der Waals surface area contributed by atoms with Crippen LogP contribution in [0.4, 0.5) is 4.39 Å². The maximum Gasteiger partial charge on any atom is 0.321 e. The normalized spacial score (nSPS) is 19.6. The van der Waals surface area contributed by atoms with E-state index in [2.05, 4.69) is 5.32 Å². The molecule has 5 nitrogen and oxygen atoms in total. The number of hydrogen-bond acceptors (Lipinski definition) is 5. The summed E-state index contributed by atoms with van der Waals surface area (Å²) in [7, 11) is 0. The summed E-state index contributed by atoms with van der Waals surface area (Å²) >= 11 is 1.56. The van der Waals surface area contributed by atoms with Crippen molar-refractivity contribution in [1.29, 1.82) is 0 Å². The zero-order valence-electron chi connectivity index (χ0n) is 13.4. The highest BCUT2D eigenvalue weighted by atomic mass is 32.2. The highest BCUT2D eigenvalue weighted by Gasteiger charge is 2.30. The number of carbonyl (C=O) groups is 1. The highest BCUT2D eigenvalue weighted by Crippen LogP contribution is 2.34. The molecule has 0 bridgehead atoms. The first kappa shape index (κ1) is 17.6. The van der Waals surface area contributed by atoms with Gasteiger partial charge in [-0.2, -0.15) is 0 Å². The Bertz CT molecular complexity index is 725. The molecule has 25 heavy (non-hydrogen) atoms. The third kappa shape index (κ3) is 4.87. The molecule has 1 aliphatic heterocycles. The summed E-state index contributed by atoms with van der Waals surface area (Å²) in [6, 6.07) is 12.9. The van der Waals surface area contributed by atoms with Crippen LogP contribution in [0.2, 0.25) is 0 Å². The number of hydrogen-bond donors (Lipinski definition) is 2. The molecule has 1 saturated heterocycles. The highest BCUT2D eigenvalue weighted by molar-refractivity contribution is 7.99. The average molecular weight is 363 g/mol. The molecule has 2 aromatic rings. The molecule has 0 amide bonds. The molecule has 0 spiro atoms. The second kappa shape index (κ2) is 8.22. The van der Waals surface area contributed by atoms with Crippen molar-refractivity contribution in [2.75, 3.05) is 19.0 Å². The maximum absolute atomic E-state index is 12.8. The predicted molar refractivity (Wildman–Crippen MR) is 93.6 cm³/mol. The molecular weight excluding hydrogens is 345 g/mol. The van der Waals surface area contributed by atoms with Crippen molar-refractivity contribution < 1.29 is 23.8 Å². The van der Waals surface area contributed by atoms with Crippen LogP contribution in [0.1, 0.15) is 10.9 Å². The molecule has 2 atom stereocenters. The summed E-state index contributed by atoms with van der Waals surface area (Å²) in [6.07, 6.45) is 0. The first-order valence-electron chi connectivity index (χ1n) is 7.83. The summed E-state index contributed by atoms with van der Waals surface area (Å²) < 4.78 is 24.0. The monoisotopic (exact) mass is 363 g/mol. The van der Waals surface area contributed by atoms with E-state index in [1.807, 2.05) is 24.3 Å². The van der Waals surface area contributed by atoms with Gasteiger partial charge in [0.2, 0.25) is 0 Å². The minimum absolute atomic E-state index is 0.0554. The van der Waals surface area contributed by atoms with Crippen LogP contribution in [-0.2, 0) is 4.79 Å². The Labute approximate surface area is 149 Å². The quantitative estimate of drug-likeness (QED) is 0.737. The minimum atomic E-state index is -0.833. The van der Waals surface area contributed by atoms with E-state index in [4.69, 9.17) is 14.6 Å². The number of halogens is 1. The van der Waals surface area contributed by atoms with E-state index in [0.717, 1.165) is 5.56 Å². The Hall–Kier alpha value is -2.25. The van der Waals surface area contributed by atoms with Gasteiger partial charge in [0.1, 0.15) is 36.6 Å². The largest absolute Gasteiger partial charge is 0.490 e. The number of nitrogens with one attached hydrogen (secondary N) is 1. The van der Waals surface area contributed by atoms with Gasteiger partial charge in [-0.1, -0.05) is 12.1 Å². The number of aliphatic carboxylic acids is 1. The Morgan fingerprint density at radius 1 is 1.16 bits per heavy atom. The van der Waals surface area contributed by atoms with Gasteiger partial charge in [-0.3, -0.25) is 10.1 Å². The van der Waals surface area contributed by atoms with Crippen LogP contribution in [-0.4, -0.2) is 36.1 Å². The molecule has 0 aliphatic carbocycles. The predicted octanol–water partition coefficient (Wildman–Crippen LogP) is 3.07. The van der Waals surface area contributed by atoms with Gasteiger partial charge >= 0.3 is 5.97 Å². The SMILES string of the molecule is O=C(O)C1CSC(c2cccc(OCCOc3ccc(F)cc3)c2)N1. The fourth-order valence-electron chi connectivity index (χ4n) is 2.42. The van der Waals surface area contributed by atoms with Gasteiger partial charge < -0.3 is 14.6 Å². The van der Waals surface area contributed by atoms with Crippen molar-refractivity contribution >= 4 is 17.7 Å². The standard InChI is InChI=1S/C18H18FNO4S/c19-13-4-6-14(7-5-13)23-8-9-24-15-3-1-2-12(10-15)17-20-16(11-25-17)18(21)22/h1-7,10,16-17,20H,8-9,11H2,(H,21,22).